The Bertz CT molecular complexity index is 719. The van der Waals surface area contributed by atoms with Gasteiger partial charge in [0, 0.05) is 28.3 Å². The first kappa shape index (κ1) is 18.1. The molecule has 126 valence electrons. The van der Waals surface area contributed by atoms with Crippen LogP contribution in [0.5, 0.6) is 0 Å². The van der Waals surface area contributed by atoms with E-state index in [0.717, 1.165) is 16.5 Å². The molecule has 0 bridgehead atoms. The smallest absolute Gasteiger partial charge is 0.271 e. The van der Waals surface area contributed by atoms with Gasteiger partial charge in [0.25, 0.3) is 5.69 Å². The Morgan fingerprint density at radius 2 is 1.96 bits per heavy atom. The third-order valence-corrected chi connectivity index (χ3v) is 4.06. The second-order valence-electron chi connectivity index (χ2n) is 5.25. The van der Waals surface area contributed by atoms with Gasteiger partial charge in [-0.2, -0.15) is 0 Å². The number of nitrogens with one attached hydrogen (secondary N) is 2. The van der Waals surface area contributed by atoms with Gasteiger partial charge in [0.05, 0.1) is 11.5 Å². The van der Waals surface area contributed by atoms with Gasteiger partial charge in [-0.3, -0.25) is 14.9 Å². The lowest BCUT2D eigenvalue weighted by molar-refractivity contribution is -0.384. The van der Waals surface area contributed by atoms with E-state index in [2.05, 4.69) is 26.6 Å². The Labute approximate surface area is 148 Å². The molecule has 0 aliphatic heterocycles. The number of halogens is 1. The molecule has 0 saturated carbocycles. The predicted molar refractivity (Wildman–Crippen MR) is 96.9 cm³/mol. The van der Waals surface area contributed by atoms with E-state index in [1.54, 1.807) is 6.07 Å². The fourth-order valence-corrected chi connectivity index (χ4v) is 2.58. The van der Waals surface area contributed by atoms with E-state index in [9.17, 15) is 14.9 Å². The van der Waals surface area contributed by atoms with Crippen LogP contribution in [0.4, 0.5) is 11.4 Å². The van der Waals surface area contributed by atoms with Gasteiger partial charge in [-0.05, 0) is 30.2 Å². The second-order valence-corrected chi connectivity index (χ2v) is 6.16. The van der Waals surface area contributed by atoms with Crippen molar-refractivity contribution in [2.75, 3.05) is 11.9 Å². The van der Waals surface area contributed by atoms with Gasteiger partial charge >= 0.3 is 0 Å². The summed E-state index contributed by atoms with van der Waals surface area (Å²) in [5, 5.41) is 16.6. The average molecular weight is 392 g/mol. The summed E-state index contributed by atoms with van der Waals surface area (Å²) in [4.78, 5) is 22.3. The molecule has 6 nitrogen and oxygen atoms in total. The monoisotopic (exact) mass is 391 g/mol. The van der Waals surface area contributed by atoms with Crippen LogP contribution in [-0.4, -0.2) is 17.4 Å². The summed E-state index contributed by atoms with van der Waals surface area (Å²) >= 11 is 3.40. The molecule has 0 aromatic heterocycles. The average Bonchev–Trinajstić information content (AvgIpc) is 2.57. The summed E-state index contributed by atoms with van der Waals surface area (Å²) in [5.41, 5.74) is 1.46. The van der Waals surface area contributed by atoms with Crippen molar-refractivity contribution in [1.29, 1.82) is 0 Å². The number of rotatable bonds is 7. The minimum Gasteiger partial charge on any atom is -0.325 e. The summed E-state index contributed by atoms with van der Waals surface area (Å²) in [6.45, 7) is 2.16. The molecule has 1 amide bonds. The van der Waals surface area contributed by atoms with Crippen LogP contribution in [0.1, 0.15) is 24.9 Å². The molecule has 0 aliphatic carbocycles. The zero-order valence-corrected chi connectivity index (χ0v) is 14.7. The maximum atomic E-state index is 12.0. The molecule has 0 aliphatic rings. The molecule has 7 heteroatoms. The largest absolute Gasteiger partial charge is 0.325 e. The number of hydrogen-bond acceptors (Lipinski definition) is 4. The molecule has 2 aromatic carbocycles. The van der Waals surface area contributed by atoms with Crippen LogP contribution < -0.4 is 10.6 Å². The first-order valence-corrected chi connectivity index (χ1v) is 8.32. The molecule has 0 heterocycles. The Kier molecular flexibility index (Phi) is 6.45. The normalized spacial score (nSPS) is 11.8. The number of hydrogen-bond donors (Lipinski definition) is 2. The lowest BCUT2D eigenvalue weighted by atomic mass is 10.0. The van der Waals surface area contributed by atoms with Gasteiger partial charge in [0.2, 0.25) is 5.91 Å². The maximum absolute atomic E-state index is 12.0. The van der Waals surface area contributed by atoms with Crippen molar-refractivity contribution >= 4 is 33.2 Å². The lowest BCUT2D eigenvalue weighted by Gasteiger charge is -2.17. The van der Waals surface area contributed by atoms with Crippen LogP contribution in [0.3, 0.4) is 0 Å². The highest BCUT2D eigenvalue weighted by Crippen LogP contribution is 2.20. The number of carbonyl (C=O) groups is 1. The summed E-state index contributed by atoms with van der Waals surface area (Å²) in [6.07, 6.45) is 0.839. The van der Waals surface area contributed by atoms with E-state index >= 15 is 0 Å². The zero-order chi connectivity index (χ0) is 17.5. The van der Waals surface area contributed by atoms with Gasteiger partial charge in [-0.25, -0.2) is 0 Å². The van der Waals surface area contributed by atoms with E-state index < -0.39 is 4.92 Å². The van der Waals surface area contributed by atoms with Crippen molar-refractivity contribution < 1.29 is 9.72 Å². The number of non-ortho nitro benzene ring substituents is 1. The van der Waals surface area contributed by atoms with Gasteiger partial charge in [-0.15, -0.1) is 0 Å². The highest BCUT2D eigenvalue weighted by Gasteiger charge is 2.12. The standard InChI is InChI=1S/C17H18BrN3O3/c1-2-16(12-6-8-13(18)9-7-12)19-11-17(22)20-14-4-3-5-15(10-14)21(23)24/h3-10,16,19H,2,11H2,1H3,(H,20,22)/t16-/m0/s1. The molecule has 0 radical (unpaired) electrons. The molecule has 2 N–H and O–H groups in total. The number of carbonyl (C=O) groups excluding carboxylic acids is 1. The van der Waals surface area contributed by atoms with Gasteiger partial charge < -0.3 is 10.6 Å². The molecular weight excluding hydrogens is 374 g/mol. The summed E-state index contributed by atoms with van der Waals surface area (Å²) in [7, 11) is 0. The Morgan fingerprint density at radius 1 is 1.25 bits per heavy atom. The van der Waals surface area contributed by atoms with E-state index in [0.29, 0.717) is 5.69 Å². The maximum Gasteiger partial charge on any atom is 0.271 e. The molecule has 0 saturated heterocycles. The molecule has 2 aromatic rings. The zero-order valence-electron chi connectivity index (χ0n) is 13.2. The van der Waals surface area contributed by atoms with E-state index in [4.69, 9.17) is 0 Å². The molecule has 1 atom stereocenters. The van der Waals surface area contributed by atoms with Crippen molar-refractivity contribution in [3.8, 4) is 0 Å². The van der Waals surface area contributed by atoms with E-state index in [-0.39, 0.29) is 24.2 Å². The van der Waals surface area contributed by atoms with Gasteiger partial charge in [-0.1, -0.05) is 41.1 Å². The fourth-order valence-electron chi connectivity index (χ4n) is 2.31. The number of nitrogens with zero attached hydrogens (tertiary/aromatic N) is 1. The van der Waals surface area contributed by atoms with Crippen LogP contribution in [0.2, 0.25) is 0 Å². The topological polar surface area (TPSA) is 84.3 Å². The van der Waals surface area contributed by atoms with Gasteiger partial charge in [0.1, 0.15) is 0 Å². The van der Waals surface area contributed by atoms with Crippen molar-refractivity contribution in [3.63, 3.8) is 0 Å². The van der Waals surface area contributed by atoms with E-state index in [1.807, 2.05) is 31.2 Å². The lowest BCUT2D eigenvalue weighted by Crippen LogP contribution is -2.31. The molecule has 24 heavy (non-hydrogen) atoms. The van der Waals surface area contributed by atoms with Crippen LogP contribution in [-0.2, 0) is 4.79 Å². The Morgan fingerprint density at radius 3 is 2.58 bits per heavy atom. The fraction of sp³-hybridized carbons (Fsp3) is 0.235. The van der Waals surface area contributed by atoms with Crippen molar-refractivity contribution in [2.24, 2.45) is 0 Å². The van der Waals surface area contributed by atoms with Crippen molar-refractivity contribution in [3.05, 3.63) is 68.7 Å². The van der Waals surface area contributed by atoms with Crippen LogP contribution >= 0.6 is 15.9 Å². The Balaban J connectivity index is 1.93. The van der Waals surface area contributed by atoms with Crippen molar-refractivity contribution in [2.45, 2.75) is 19.4 Å². The van der Waals surface area contributed by atoms with Crippen molar-refractivity contribution in [1.82, 2.24) is 5.32 Å². The number of nitro benzene ring substituents is 1. The SMILES string of the molecule is CC[C@H](NCC(=O)Nc1cccc([N+](=O)[O-])c1)c1ccc(Br)cc1. The van der Waals surface area contributed by atoms with E-state index in [1.165, 1.54) is 18.2 Å². The number of benzene rings is 2. The molecule has 2 rings (SSSR count). The minimum absolute atomic E-state index is 0.0537. The van der Waals surface area contributed by atoms with Crippen LogP contribution in [0.15, 0.2) is 53.0 Å². The number of amides is 1. The Hall–Kier alpha value is -2.25. The predicted octanol–water partition coefficient (Wildman–Crippen LogP) is 4.04. The first-order chi connectivity index (χ1) is 11.5. The highest BCUT2D eigenvalue weighted by atomic mass is 79.9. The molecule has 0 fully saturated rings. The first-order valence-electron chi connectivity index (χ1n) is 7.52. The highest BCUT2D eigenvalue weighted by molar-refractivity contribution is 9.10. The number of anilines is 1. The summed E-state index contributed by atoms with van der Waals surface area (Å²) in [5.74, 6) is -0.244. The third kappa shape index (κ3) is 5.14. The third-order valence-electron chi connectivity index (χ3n) is 3.53. The molecule has 0 unspecified atom stereocenters. The van der Waals surface area contributed by atoms with Gasteiger partial charge in [0.15, 0.2) is 0 Å². The summed E-state index contributed by atoms with van der Waals surface area (Å²) < 4.78 is 1.00. The molecular formula is C17H18BrN3O3. The number of nitro groups is 1. The van der Waals surface area contributed by atoms with Crippen LogP contribution in [0, 0.1) is 10.1 Å². The van der Waals surface area contributed by atoms with Crippen LogP contribution in [0.25, 0.3) is 0 Å². The quantitative estimate of drug-likeness (QED) is 0.550. The minimum atomic E-state index is -0.492. The summed E-state index contributed by atoms with van der Waals surface area (Å²) in [6, 6.07) is 13.9. The molecule has 0 spiro atoms. The second kappa shape index (κ2) is 8.56.